The van der Waals surface area contributed by atoms with Gasteiger partial charge in [-0.25, -0.2) is 14.8 Å². The van der Waals surface area contributed by atoms with E-state index in [1.54, 1.807) is 42.7 Å². The van der Waals surface area contributed by atoms with Crippen LogP contribution in [0.2, 0.25) is 0 Å². The molecule has 0 atom stereocenters. The summed E-state index contributed by atoms with van der Waals surface area (Å²) >= 11 is 0. The predicted octanol–water partition coefficient (Wildman–Crippen LogP) is 3.38. The van der Waals surface area contributed by atoms with Crippen molar-refractivity contribution in [3.63, 3.8) is 0 Å². The smallest absolute Gasteiger partial charge is 0.321 e. The van der Waals surface area contributed by atoms with Gasteiger partial charge in [0.05, 0.1) is 0 Å². The fraction of sp³-hybridized carbons (Fsp3) is 0.429. The third-order valence-electron chi connectivity index (χ3n) is 5.04. The third-order valence-corrected chi connectivity index (χ3v) is 5.04. The van der Waals surface area contributed by atoms with Crippen LogP contribution in [0.15, 0.2) is 42.7 Å². The number of piperidine rings is 1. The minimum absolute atomic E-state index is 0.0139. The van der Waals surface area contributed by atoms with Gasteiger partial charge >= 0.3 is 12.0 Å². The first-order valence-corrected chi connectivity index (χ1v) is 10.00. The number of benzene rings is 1. The fourth-order valence-corrected chi connectivity index (χ4v) is 3.32. The van der Waals surface area contributed by atoms with E-state index in [1.807, 2.05) is 23.6 Å². The standard InChI is InChI=1S/C21H27N5O3/c1-3-25(4-2)21(28)26-14-10-16(11-15-26)19(27)24-17-6-8-18(9-7-17)29-20-22-12-5-13-23-20/h5-9,12-13,16H,3-4,10-11,14-15H2,1-2H3,(H,24,27). The summed E-state index contributed by atoms with van der Waals surface area (Å²) in [7, 11) is 0. The van der Waals surface area contributed by atoms with Crippen LogP contribution in [-0.4, -0.2) is 57.9 Å². The van der Waals surface area contributed by atoms with Crippen molar-refractivity contribution >= 4 is 17.6 Å². The number of nitrogens with one attached hydrogen (secondary N) is 1. The Kier molecular flexibility index (Phi) is 6.99. The van der Waals surface area contributed by atoms with Crippen molar-refractivity contribution in [3.8, 4) is 11.8 Å². The molecule has 8 heteroatoms. The van der Waals surface area contributed by atoms with E-state index in [-0.39, 0.29) is 23.9 Å². The molecule has 0 radical (unpaired) electrons. The fourth-order valence-electron chi connectivity index (χ4n) is 3.32. The third kappa shape index (κ3) is 5.43. The summed E-state index contributed by atoms with van der Waals surface area (Å²) in [5.74, 6) is 0.488. The molecule has 2 aromatic rings. The lowest BCUT2D eigenvalue weighted by Gasteiger charge is -2.34. The monoisotopic (exact) mass is 397 g/mol. The Morgan fingerprint density at radius 2 is 1.72 bits per heavy atom. The number of nitrogens with zero attached hydrogens (tertiary/aromatic N) is 4. The summed E-state index contributed by atoms with van der Waals surface area (Å²) < 4.78 is 5.55. The van der Waals surface area contributed by atoms with E-state index < -0.39 is 0 Å². The second-order valence-electron chi connectivity index (χ2n) is 6.86. The van der Waals surface area contributed by atoms with E-state index in [4.69, 9.17) is 4.74 Å². The van der Waals surface area contributed by atoms with Crippen molar-refractivity contribution in [2.24, 2.45) is 5.92 Å². The van der Waals surface area contributed by atoms with Gasteiger partial charge in [0.15, 0.2) is 0 Å². The van der Waals surface area contributed by atoms with Gasteiger partial charge in [0.2, 0.25) is 5.91 Å². The number of aromatic nitrogens is 2. The molecule has 0 spiro atoms. The van der Waals surface area contributed by atoms with E-state index in [9.17, 15) is 9.59 Å². The van der Waals surface area contributed by atoms with Gasteiger partial charge in [0, 0.05) is 50.2 Å². The molecule has 1 saturated heterocycles. The lowest BCUT2D eigenvalue weighted by molar-refractivity contribution is -0.121. The molecule has 1 N–H and O–H groups in total. The Labute approximate surface area is 170 Å². The molecule has 8 nitrogen and oxygen atoms in total. The lowest BCUT2D eigenvalue weighted by Crippen LogP contribution is -2.47. The Bertz CT molecular complexity index is 801. The maximum Gasteiger partial charge on any atom is 0.321 e. The first-order chi connectivity index (χ1) is 14.1. The molecule has 0 unspecified atom stereocenters. The molecule has 1 aromatic carbocycles. The summed E-state index contributed by atoms with van der Waals surface area (Å²) in [6, 6.07) is 9.15. The first-order valence-electron chi connectivity index (χ1n) is 10.00. The summed E-state index contributed by atoms with van der Waals surface area (Å²) in [5.41, 5.74) is 0.706. The Morgan fingerprint density at radius 1 is 1.10 bits per heavy atom. The Balaban J connectivity index is 1.49. The van der Waals surface area contributed by atoms with E-state index in [1.165, 1.54) is 0 Å². The van der Waals surface area contributed by atoms with Crippen molar-refractivity contribution in [2.45, 2.75) is 26.7 Å². The molecule has 0 bridgehead atoms. The highest BCUT2D eigenvalue weighted by Crippen LogP contribution is 2.23. The van der Waals surface area contributed by atoms with Crippen LogP contribution < -0.4 is 10.1 Å². The topological polar surface area (TPSA) is 87.7 Å². The number of anilines is 1. The second-order valence-corrected chi connectivity index (χ2v) is 6.86. The van der Waals surface area contributed by atoms with Gasteiger partial charge in [-0.05, 0) is 57.0 Å². The summed E-state index contributed by atoms with van der Waals surface area (Å²) in [4.78, 5) is 36.7. The van der Waals surface area contributed by atoms with Gasteiger partial charge < -0.3 is 19.9 Å². The van der Waals surface area contributed by atoms with Crippen molar-refractivity contribution in [1.29, 1.82) is 0 Å². The molecule has 0 aliphatic carbocycles. The number of rotatable bonds is 6. The van der Waals surface area contributed by atoms with Crippen LogP contribution in [0.25, 0.3) is 0 Å². The van der Waals surface area contributed by atoms with Gasteiger partial charge in [-0.2, -0.15) is 0 Å². The average molecular weight is 397 g/mol. The molecule has 1 aromatic heterocycles. The van der Waals surface area contributed by atoms with E-state index in [2.05, 4.69) is 15.3 Å². The molecular weight excluding hydrogens is 370 g/mol. The number of ether oxygens (including phenoxy) is 1. The van der Waals surface area contributed by atoms with Gasteiger partial charge in [-0.1, -0.05) is 0 Å². The highest BCUT2D eigenvalue weighted by Gasteiger charge is 2.28. The predicted molar refractivity (Wildman–Crippen MR) is 110 cm³/mol. The number of carbonyl (C=O) groups is 2. The van der Waals surface area contributed by atoms with Gasteiger partial charge in [0.25, 0.3) is 0 Å². The van der Waals surface area contributed by atoms with E-state index in [0.717, 1.165) is 0 Å². The van der Waals surface area contributed by atoms with Crippen molar-refractivity contribution in [2.75, 3.05) is 31.5 Å². The molecular formula is C21H27N5O3. The van der Waals surface area contributed by atoms with Crippen LogP contribution in [0.3, 0.4) is 0 Å². The summed E-state index contributed by atoms with van der Waals surface area (Å²) in [6.45, 7) is 6.57. The van der Waals surface area contributed by atoms with Crippen molar-refractivity contribution in [1.82, 2.24) is 19.8 Å². The molecule has 3 rings (SSSR count). The summed E-state index contributed by atoms with van der Waals surface area (Å²) in [6.07, 6.45) is 4.56. The molecule has 0 saturated carbocycles. The highest BCUT2D eigenvalue weighted by molar-refractivity contribution is 5.92. The first kappa shape index (κ1) is 20.6. The number of urea groups is 1. The van der Waals surface area contributed by atoms with Gasteiger partial charge in [-0.15, -0.1) is 0 Å². The van der Waals surface area contributed by atoms with Crippen LogP contribution in [0.4, 0.5) is 10.5 Å². The number of amides is 3. The minimum atomic E-state index is -0.0931. The van der Waals surface area contributed by atoms with E-state index >= 15 is 0 Å². The SMILES string of the molecule is CCN(CC)C(=O)N1CCC(C(=O)Nc2ccc(Oc3ncccn3)cc2)CC1. The molecule has 154 valence electrons. The zero-order chi connectivity index (χ0) is 20.6. The zero-order valence-corrected chi connectivity index (χ0v) is 16.9. The number of likely N-dealkylation sites (tertiary alicyclic amines) is 1. The van der Waals surface area contributed by atoms with Crippen LogP contribution in [-0.2, 0) is 4.79 Å². The largest absolute Gasteiger partial charge is 0.424 e. The lowest BCUT2D eigenvalue weighted by atomic mass is 9.96. The second kappa shape index (κ2) is 9.86. The van der Waals surface area contributed by atoms with Crippen molar-refractivity contribution < 1.29 is 14.3 Å². The molecule has 3 amide bonds. The normalized spacial score (nSPS) is 14.3. The van der Waals surface area contributed by atoms with Gasteiger partial charge in [-0.3, -0.25) is 4.79 Å². The molecule has 29 heavy (non-hydrogen) atoms. The van der Waals surface area contributed by atoms with Crippen molar-refractivity contribution in [3.05, 3.63) is 42.7 Å². The van der Waals surface area contributed by atoms with Crippen LogP contribution in [0.5, 0.6) is 11.8 Å². The maximum absolute atomic E-state index is 12.6. The number of hydrogen-bond acceptors (Lipinski definition) is 5. The maximum atomic E-state index is 12.6. The molecule has 1 aliphatic heterocycles. The molecule has 2 heterocycles. The Hall–Kier alpha value is -3.16. The molecule has 1 aliphatic rings. The highest BCUT2D eigenvalue weighted by atomic mass is 16.5. The molecule has 1 fully saturated rings. The van der Waals surface area contributed by atoms with Crippen LogP contribution in [0, 0.1) is 5.92 Å². The van der Waals surface area contributed by atoms with Gasteiger partial charge in [0.1, 0.15) is 5.75 Å². The van der Waals surface area contributed by atoms with Crippen LogP contribution >= 0.6 is 0 Å². The quantitative estimate of drug-likeness (QED) is 0.807. The average Bonchev–Trinajstić information content (AvgIpc) is 2.76. The minimum Gasteiger partial charge on any atom is -0.424 e. The number of carbonyl (C=O) groups excluding carboxylic acids is 2. The number of hydrogen-bond donors (Lipinski definition) is 1. The summed E-state index contributed by atoms with van der Waals surface area (Å²) in [5, 5.41) is 2.95. The van der Waals surface area contributed by atoms with Crippen LogP contribution in [0.1, 0.15) is 26.7 Å². The zero-order valence-electron chi connectivity index (χ0n) is 16.9. The Morgan fingerprint density at radius 3 is 2.31 bits per heavy atom. The van der Waals surface area contributed by atoms with E-state index in [0.29, 0.717) is 50.5 Å².